The number of hydrogen-bond acceptors (Lipinski definition) is 3. The zero-order chi connectivity index (χ0) is 10.4. The van der Waals surface area contributed by atoms with Gasteiger partial charge >= 0.3 is 0 Å². The van der Waals surface area contributed by atoms with Crippen molar-refractivity contribution in [2.75, 3.05) is 28.6 Å². The molecule has 0 fully saturated rings. The van der Waals surface area contributed by atoms with Crippen LogP contribution in [0, 0.1) is 0 Å². The minimum absolute atomic E-state index is 0.0688. The highest BCUT2D eigenvalue weighted by Crippen LogP contribution is 2.40. The predicted molar refractivity (Wildman–Crippen MR) is 60.4 cm³/mol. The topological polar surface area (TPSA) is 44.4 Å². The number of hydrogen-bond donors (Lipinski definition) is 2. The lowest BCUT2D eigenvalue weighted by molar-refractivity contribution is -0.117. The summed E-state index contributed by atoms with van der Waals surface area (Å²) in [6, 6.07) is 5.89. The summed E-state index contributed by atoms with van der Waals surface area (Å²) in [6.45, 7) is 3.73. The number of carbonyl (C=O) groups excluding carboxylic acids is 1. The van der Waals surface area contributed by atoms with Gasteiger partial charge in [-0.05, 0) is 19.1 Å². The van der Waals surface area contributed by atoms with E-state index in [1.54, 1.807) is 0 Å². The van der Waals surface area contributed by atoms with Crippen molar-refractivity contribution in [3.05, 3.63) is 18.2 Å². The Balaban J connectivity index is 2.20. The van der Waals surface area contributed by atoms with Crippen LogP contribution in [0.3, 0.4) is 0 Å². The molecule has 0 bridgehead atoms. The molecular weight excluding hydrogens is 190 g/mol. The zero-order valence-corrected chi connectivity index (χ0v) is 8.58. The monoisotopic (exact) mass is 203 g/mol. The normalized spacial score (nSPS) is 22.9. The zero-order valence-electron chi connectivity index (χ0n) is 8.58. The maximum absolute atomic E-state index is 11.7. The van der Waals surface area contributed by atoms with Crippen LogP contribution in [0.4, 0.5) is 17.1 Å². The smallest absolute Gasteiger partial charge is 0.246 e. The standard InChI is InChI=1S/C11H13N3O/c1-7-11(15)13-9-4-2-3-8-10(9)14(7)6-5-12-8/h2-4,7,12H,5-6H2,1H3,(H,13,15)/t7-/m0/s1. The van der Waals surface area contributed by atoms with Crippen molar-refractivity contribution in [3.8, 4) is 0 Å². The van der Waals surface area contributed by atoms with Crippen molar-refractivity contribution in [1.82, 2.24) is 0 Å². The van der Waals surface area contributed by atoms with Crippen LogP contribution in [0.1, 0.15) is 6.92 Å². The van der Waals surface area contributed by atoms with Crippen molar-refractivity contribution in [3.63, 3.8) is 0 Å². The van der Waals surface area contributed by atoms with Crippen LogP contribution >= 0.6 is 0 Å². The molecule has 4 nitrogen and oxygen atoms in total. The van der Waals surface area contributed by atoms with E-state index in [2.05, 4.69) is 21.6 Å². The maximum atomic E-state index is 11.7. The Labute approximate surface area is 88.3 Å². The van der Waals surface area contributed by atoms with Crippen molar-refractivity contribution in [1.29, 1.82) is 0 Å². The van der Waals surface area contributed by atoms with E-state index in [9.17, 15) is 4.79 Å². The summed E-state index contributed by atoms with van der Waals surface area (Å²) >= 11 is 0. The number of para-hydroxylation sites is 1. The van der Waals surface area contributed by atoms with E-state index >= 15 is 0 Å². The average Bonchev–Trinajstić information content (AvgIpc) is 2.26. The highest BCUT2D eigenvalue weighted by molar-refractivity contribution is 6.06. The number of benzene rings is 1. The van der Waals surface area contributed by atoms with Crippen molar-refractivity contribution < 1.29 is 4.79 Å². The molecule has 1 atom stereocenters. The van der Waals surface area contributed by atoms with Gasteiger partial charge in [-0.2, -0.15) is 0 Å². The number of carbonyl (C=O) groups is 1. The van der Waals surface area contributed by atoms with Crippen molar-refractivity contribution >= 4 is 23.0 Å². The minimum atomic E-state index is -0.0688. The number of amides is 1. The molecule has 2 N–H and O–H groups in total. The second kappa shape index (κ2) is 2.89. The van der Waals surface area contributed by atoms with Gasteiger partial charge in [-0.15, -0.1) is 0 Å². The van der Waals surface area contributed by atoms with Crippen LogP contribution in [0.5, 0.6) is 0 Å². The number of nitrogens with one attached hydrogen (secondary N) is 2. The largest absolute Gasteiger partial charge is 0.382 e. The van der Waals surface area contributed by atoms with E-state index in [-0.39, 0.29) is 11.9 Å². The van der Waals surface area contributed by atoms with Gasteiger partial charge < -0.3 is 15.5 Å². The molecule has 2 aliphatic heterocycles. The van der Waals surface area contributed by atoms with E-state index in [0.717, 1.165) is 30.2 Å². The molecule has 1 amide bonds. The first-order chi connectivity index (χ1) is 7.27. The first-order valence-corrected chi connectivity index (χ1v) is 5.22. The van der Waals surface area contributed by atoms with Gasteiger partial charge in [0.2, 0.25) is 5.91 Å². The summed E-state index contributed by atoms with van der Waals surface area (Å²) in [4.78, 5) is 13.9. The van der Waals surface area contributed by atoms with Gasteiger partial charge in [0, 0.05) is 13.1 Å². The van der Waals surface area contributed by atoms with E-state index in [4.69, 9.17) is 0 Å². The number of rotatable bonds is 0. The van der Waals surface area contributed by atoms with E-state index in [0.29, 0.717) is 0 Å². The predicted octanol–water partition coefficient (Wildman–Crippen LogP) is 1.26. The van der Waals surface area contributed by atoms with Gasteiger partial charge in [0.1, 0.15) is 6.04 Å². The molecule has 1 aromatic carbocycles. The summed E-state index contributed by atoms with van der Waals surface area (Å²) in [5.74, 6) is 0.0848. The third kappa shape index (κ3) is 1.11. The van der Waals surface area contributed by atoms with E-state index in [1.807, 2.05) is 19.1 Å². The van der Waals surface area contributed by atoms with Gasteiger partial charge in [0.15, 0.2) is 0 Å². The first kappa shape index (κ1) is 8.59. The van der Waals surface area contributed by atoms with Crippen LogP contribution in [0.15, 0.2) is 18.2 Å². The van der Waals surface area contributed by atoms with Crippen LogP contribution in [0.2, 0.25) is 0 Å². The fraction of sp³-hybridized carbons (Fsp3) is 0.364. The minimum Gasteiger partial charge on any atom is -0.382 e. The Morgan fingerprint density at radius 3 is 3.07 bits per heavy atom. The Hall–Kier alpha value is -1.71. The number of nitrogens with zero attached hydrogens (tertiary/aromatic N) is 1. The molecule has 3 rings (SSSR count). The second-order valence-corrected chi connectivity index (χ2v) is 3.99. The summed E-state index contributed by atoms with van der Waals surface area (Å²) in [6.07, 6.45) is 0. The molecule has 4 heteroatoms. The highest BCUT2D eigenvalue weighted by Gasteiger charge is 2.32. The molecule has 0 spiro atoms. The fourth-order valence-corrected chi connectivity index (χ4v) is 2.29. The Kier molecular flexibility index (Phi) is 1.65. The summed E-state index contributed by atoms with van der Waals surface area (Å²) in [7, 11) is 0. The van der Waals surface area contributed by atoms with E-state index < -0.39 is 0 Å². The van der Waals surface area contributed by atoms with Gasteiger partial charge in [0.25, 0.3) is 0 Å². The second-order valence-electron chi connectivity index (χ2n) is 3.99. The lowest BCUT2D eigenvalue weighted by Gasteiger charge is -2.40. The molecule has 2 aliphatic rings. The van der Waals surface area contributed by atoms with Crippen LogP contribution in [0.25, 0.3) is 0 Å². The fourth-order valence-electron chi connectivity index (χ4n) is 2.29. The number of anilines is 3. The molecule has 2 heterocycles. The maximum Gasteiger partial charge on any atom is 0.246 e. The molecule has 0 saturated heterocycles. The van der Waals surface area contributed by atoms with Crippen molar-refractivity contribution in [2.24, 2.45) is 0 Å². The highest BCUT2D eigenvalue weighted by atomic mass is 16.2. The summed E-state index contributed by atoms with van der Waals surface area (Å²) in [5.41, 5.74) is 3.17. The molecule has 15 heavy (non-hydrogen) atoms. The lowest BCUT2D eigenvalue weighted by atomic mass is 10.1. The van der Waals surface area contributed by atoms with E-state index in [1.165, 1.54) is 0 Å². The van der Waals surface area contributed by atoms with Crippen LogP contribution < -0.4 is 15.5 Å². The third-order valence-corrected chi connectivity index (χ3v) is 3.10. The van der Waals surface area contributed by atoms with Gasteiger partial charge in [-0.3, -0.25) is 4.79 Å². The summed E-state index contributed by atoms with van der Waals surface area (Å²) in [5, 5.41) is 6.27. The molecule has 0 unspecified atom stereocenters. The van der Waals surface area contributed by atoms with Crippen LogP contribution in [-0.4, -0.2) is 25.0 Å². The Morgan fingerprint density at radius 2 is 2.20 bits per heavy atom. The molecule has 0 radical (unpaired) electrons. The summed E-state index contributed by atoms with van der Waals surface area (Å²) < 4.78 is 0. The van der Waals surface area contributed by atoms with Gasteiger partial charge in [0.05, 0.1) is 17.1 Å². The molecule has 0 saturated carbocycles. The Bertz CT molecular complexity index is 430. The average molecular weight is 203 g/mol. The first-order valence-electron chi connectivity index (χ1n) is 5.22. The molecule has 1 aromatic rings. The van der Waals surface area contributed by atoms with Crippen LogP contribution in [-0.2, 0) is 4.79 Å². The molecule has 78 valence electrons. The lowest BCUT2D eigenvalue weighted by Crippen LogP contribution is -2.50. The molecular formula is C11H13N3O. The SMILES string of the molecule is C[C@H]1C(=O)Nc2cccc3c2N1CCN3. The molecule has 0 aromatic heterocycles. The van der Waals surface area contributed by atoms with Gasteiger partial charge in [-0.25, -0.2) is 0 Å². The van der Waals surface area contributed by atoms with Gasteiger partial charge in [-0.1, -0.05) is 6.07 Å². The quantitative estimate of drug-likeness (QED) is 0.667. The molecule has 0 aliphatic carbocycles. The van der Waals surface area contributed by atoms with Crippen molar-refractivity contribution in [2.45, 2.75) is 13.0 Å². The Morgan fingerprint density at radius 1 is 1.40 bits per heavy atom. The third-order valence-electron chi connectivity index (χ3n) is 3.10.